The second kappa shape index (κ2) is 35.4. The number of carbonyl (C=O) groups is 1. The van der Waals surface area contributed by atoms with Gasteiger partial charge in [0.15, 0.2) is 6.29 Å². The molecule has 0 saturated carbocycles. The van der Waals surface area contributed by atoms with Crippen LogP contribution in [0.1, 0.15) is 213 Å². The van der Waals surface area contributed by atoms with Gasteiger partial charge in [0.2, 0.25) is 5.91 Å². The maximum atomic E-state index is 13.1. The summed E-state index contributed by atoms with van der Waals surface area (Å²) in [5, 5.41) is 43.6. The summed E-state index contributed by atoms with van der Waals surface area (Å²) in [6.45, 7) is 6.27. The summed E-state index contributed by atoms with van der Waals surface area (Å²) < 4.78 is 11.5. The van der Waals surface area contributed by atoms with Gasteiger partial charge in [0.05, 0.1) is 19.3 Å². The lowest BCUT2D eigenvalue weighted by molar-refractivity contribution is -0.302. The van der Waals surface area contributed by atoms with Gasteiger partial charge in [0.25, 0.3) is 0 Å². The normalized spacial score (nSPS) is 21.7. The maximum Gasteiger partial charge on any atom is 0.220 e. The van der Waals surface area contributed by atoms with E-state index in [0.29, 0.717) is 6.42 Å². The second-order valence-corrected chi connectivity index (χ2v) is 16.3. The first-order valence-electron chi connectivity index (χ1n) is 22.7. The minimum Gasteiger partial charge on any atom is -0.394 e. The third-order valence-electron chi connectivity index (χ3n) is 11.3. The van der Waals surface area contributed by atoms with Crippen LogP contribution in [0.2, 0.25) is 0 Å². The molecule has 7 atom stereocenters. The molecule has 1 saturated heterocycles. The fraction of sp³-hybridized carbons (Fsp3) is 0.933. The molecule has 1 amide bonds. The molecule has 0 spiro atoms. The molecular weight excluding hydrogens is 666 g/mol. The molecule has 1 aliphatic heterocycles. The van der Waals surface area contributed by atoms with E-state index in [0.717, 1.165) is 32.1 Å². The molecule has 0 aliphatic carbocycles. The summed E-state index contributed by atoms with van der Waals surface area (Å²) in [4.78, 5) is 13.1. The van der Waals surface area contributed by atoms with Gasteiger partial charge in [-0.1, -0.05) is 181 Å². The van der Waals surface area contributed by atoms with Gasteiger partial charge in [0.1, 0.15) is 24.4 Å². The minimum absolute atomic E-state index is 0.0143. The van der Waals surface area contributed by atoms with Crippen molar-refractivity contribution in [3.05, 3.63) is 12.2 Å². The van der Waals surface area contributed by atoms with Gasteiger partial charge in [-0.3, -0.25) is 4.79 Å². The summed E-state index contributed by atoms with van der Waals surface area (Å²) in [6.07, 6.45) is 35.2. The van der Waals surface area contributed by atoms with Crippen LogP contribution in [0, 0.1) is 5.92 Å². The molecule has 0 aromatic heterocycles. The van der Waals surface area contributed by atoms with Gasteiger partial charge in [-0.15, -0.1) is 0 Å². The predicted octanol–water partition coefficient (Wildman–Crippen LogP) is 10.2. The SMILES string of the molecule is CCCCC/C=C\CCCCCCCCCCCCC(=O)N[C@@H](COC1OC(CO)C(O)C(O)C1O)[C@H](C)CCCCCCCCCCCCCCC. The highest BCUT2D eigenvalue weighted by Crippen LogP contribution is 2.24. The fourth-order valence-corrected chi connectivity index (χ4v) is 7.43. The van der Waals surface area contributed by atoms with Crippen LogP contribution in [0.3, 0.4) is 0 Å². The molecule has 0 aromatic carbocycles. The van der Waals surface area contributed by atoms with Crippen LogP contribution >= 0.6 is 0 Å². The van der Waals surface area contributed by atoms with E-state index in [-0.39, 0.29) is 24.5 Å². The second-order valence-electron chi connectivity index (χ2n) is 16.3. The number of unbranched alkanes of at least 4 members (excludes halogenated alkanes) is 25. The molecule has 5 unspecified atom stereocenters. The van der Waals surface area contributed by atoms with E-state index < -0.39 is 37.3 Å². The third-order valence-corrected chi connectivity index (χ3v) is 11.3. The average Bonchev–Trinajstić information content (AvgIpc) is 3.16. The highest BCUT2D eigenvalue weighted by Gasteiger charge is 2.44. The van der Waals surface area contributed by atoms with Crippen molar-refractivity contribution < 1.29 is 34.7 Å². The molecule has 1 rings (SSSR count). The number of hydrogen-bond acceptors (Lipinski definition) is 7. The zero-order chi connectivity index (χ0) is 38.8. The molecular formula is C45H87NO7. The molecule has 5 N–H and O–H groups in total. The largest absolute Gasteiger partial charge is 0.394 e. The van der Waals surface area contributed by atoms with Crippen molar-refractivity contribution in [1.29, 1.82) is 0 Å². The summed E-state index contributed by atoms with van der Waals surface area (Å²) in [6, 6.07) is -0.269. The van der Waals surface area contributed by atoms with Crippen LogP contribution in [0.5, 0.6) is 0 Å². The number of carbonyl (C=O) groups excluding carboxylic acids is 1. The van der Waals surface area contributed by atoms with Gasteiger partial charge in [-0.05, 0) is 44.4 Å². The summed E-state index contributed by atoms with van der Waals surface area (Å²) in [5.74, 6) is 0.170. The zero-order valence-electron chi connectivity index (χ0n) is 34.8. The molecule has 0 radical (unpaired) electrons. The van der Waals surface area contributed by atoms with Crippen molar-refractivity contribution >= 4 is 5.91 Å². The Balaban J connectivity index is 2.33. The lowest BCUT2D eigenvalue weighted by atomic mass is 9.94. The Morgan fingerprint density at radius 3 is 1.57 bits per heavy atom. The Morgan fingerprint density at radius 2 is 1.06 bits per heavy atom. The van der Waals surface area contributed by atoms with Crippen LogP contribution in [0.4, 0.5) is 0 Å². The molecule has 53 heavy (non-hydrogen) atoms. The first-order chi connectivity index (χ1) is 25.8. The van der Waals surface area contributed by atoms with E-state index >= 15 is 0 Å². The first-order valence-corrected chi connectivity index (χ1v) is 22.7. The van der Waals surface area contributed by atoms with Gasteiger partial charge in [0, 0.05) is 6.42 Å². The Bertz CT molecular complexity index is 840. The van der Waals surface area contributed by atoms with Gasteiger partial charge in [-0.25, -0.2) is 0 Å². The van der Waals surface area contributed by atoms with Crippen LogP contribution in [0.15, 0.2) is 12.2 Å². The van der Waals surface area contributed by atoms with E-state index in [1.807, 2.05) is 0 Å². The molecule has 8 nitrogen and oxygen atoms in total. The van der Waals surface area contributed by atoms with Gasteiger partial charge < -0.3 is 35.2 Å². The van der Waals surface area contributed by atoms with Crippen molar-refractivity contribution in [1.82, 2.24) is 5.32 Å². The standard InChI is InChI=1S/C45H87NO7/c1-4-6-8-10-12-14-16-18-19-20-21-23-25-27-29-31-33-35-41(48)46-39(37-52-45-44(51)43(50)42(49)40(36-47)53-45)38(3)34-32-30-28-26-24-22-17-15-13-11-9-7-5-2/h12,14,38-40,42-45,47,49-51H,4-11,13,15-37H2,1-3H3,(H,46,48)/b14-12-/t38-,39+,40?,42?,43?,44?,45?/m1/s1. The molecule has 8 heteroatoms. The smallest absolute Gasteiger partial charge is 0.220 e. The predicted molar refractivity (Wildman–Crippen MR) is 220 cm³/mol. The number of allylic oxidation sites excluding steroid dienone is 2. The lowest BCUT2D eigenvalue weighted by Crippen LogP contribution is -2.59. The van der Waals surface area contributed by atoms with Crippen molar-refractivity contribution in [2.75, 3.05) is 13.2 Å². The van der Waals surface area contributed by atoms with E-state index in [1.54, 1.807) is 0 Å². The number of aliphatic hydroxyl groups excluding tert-OH is 4. The molecule has 1 aliphatic rings. The monoisotopic (exact) mass is 754 g/mol. The van der Waals surface area contributed by atoms with Crippen LogP contribution in [0.25, 0.3) is 0 Å². The van der Waals surface area contributed by atoms with Crippen LogP contribution in [-0.4, -0.2) is 76.3 Å². The van der Waals surface area contributed by atoms with Crippen molar-refractivity contribution in [3.8, 4) is 0 Å². The fourth-order valence-electron chi connectivity index (χ4n) is 7.43. The van der Waals surface area contributed by atoms with Crippen molar-refractivity contribution in [3.63, 3.8) is 0 Å². The van der Waals surface area contributed by atoms with E-state index in [1.165, 1.54) is 154 Å². The summed E-state index contributed by atoms with van der Waals surface area (Å²) >= 11 is 0. The summed E-state index contributed by atoms with van der Waals surface area (Å²) in [7, 11) is 0. The maximum absolute atomic E-state index is 13.1. The number of aliphatic hydroxyl groups is 4. The van der Waals surface area contributed by atoms with E-state index in [2.05, 4.69) is 38.2 Å². The number of rotatable bonds is 37. The lowest BCUT2D eigenvalue weighted by Gasteiger charge is -2.40. The molecule has 0 aromatic rings. The van der Waals surface area contributed by atoms with Crippen LogP contribution in [-0.2, 0) is 14.3 Å². The minimum atomic E-state index is -1.49. The van der Waals surface area contributed by atoms with Gasteiger partial charge >= 0.3 is 0 Å². The molecule has 314 valence electrons. The zero-order valence-corrected chi connectivity index (χ0v) is 34.8. The number of ether oxygens (including phenoxy) is 2. The quantitative estimate of drug-likeness (QED) is 0.0316. The Labute approximate surface area is 326 Å². The van der Waals surface area contributed by atoms with Crippen molar-refractivity contribution in [2.24, 2.45) is 5.92 Å². The number of nitrogens with one attached hydrogen (secondary N) is 1. The molecule has 1 heterocycles. The van der Waals surface area contributed by atoms with E-state index in [9.17, 15) is 25.2 Å². The Morgan fingerprint density at radius 1 is 0.623 bits per heavy atom. The van der Waals surface area contributed by atoms with Gasteiger partial charge in [-0.2, -0.15) is 0 Å². The first kappa shape index (κ1) is 50.0. The highest BCUT2D eigenvalue weighted by molar-refractivity contribution is 5.76. The topological polar surface area (TPSA) is 128 Å². The number of hydrogen-bond donors (Lipinski definition) is 5. The average molecular weight is 754 g/mol. The van der Waals surface area contributed by atoms with Crippen LogP contribution < -0.4 is 5.32 Å². The Kier molecular flexibility index (Phi) is 33.4. The third kappa shape index (κ3) is 26.5. The van der Waals surface area contributed by atoms with E-state index in [4.69, 9.17) is 9.47 Å². The molecule has 0 bridgehead atoms. The summed E-state index contributed by atoms with van der Waals surface area (Å²) in [5.41, 5.74) is 0. The molecule has 1 fully saturated rings. The highest BCUT2D eigenvalue weighted by atomic mass is 16.7. The number of amides is 1. The Hall–Kier alpha value is -1.03. The van der Waals surface area contributed by atoms with Crippen molar-refractivity contribution in [2.45, 2.75) is 250 Å².